The zero-order chi connectivity index (χ0) is 18.8. The molecule has 0 radical (unpaired) electrons. The smallest absolute Gasteiger partial charge is 0.322 e. The van der Waals surface area contributed by atoms with Crippen molar-refractivity contribution in [2.45, 2.75) is 0 Å². The van der Waals surface area contributed by atoms with Crippen molar-refractivity contribution in [2.75, 3.05) is 6.54 Å². The number of halogens is 1. The number of hydrogen-bond donors (Lipinski definition) is 3. The molecule has 0 bridgehead atoms. The van der Waals surface area contributed by atoms with Gasteiger partial charge in [-0.3, -0.25) is 19.4 Å². The molecule has 2 aromatic heterocycles. The lowest BCUT2D eigenvalue weighted by atomic mass is 10.1. The number of pyridine rings is 1. The van der Waals surface area contributed by atoms with E-state index in [0.717, 1.165) is 17.5 Å². The molecule has 0 unspecified atom stereocenters. The summed E-state index contributed by atoms with van der Waals surface area (Å²) in [6.45, 7) is -0.675. The molecule has 1 amide bonds. The average Bonchev–Trinajstić information content (AvgIpc) is 2.59. The summed E-state index contributed by atoms with van der Waals surface area (Å²) in [6, 6.07) is 5.95. The van der Waals surface area contributed by atoms with Crippen molar-refractivity contribution in [1.29, 1.82) is 0 Å². The molecule has 3 aromatic rings. The fourth-order valence-corrected chi connectivity index (χ4v) is 3.33. The number of nitrogens with zero attached hydrogens (tertiary/aromatic N) is 1. The molecule has 132 valence electrons. The normalized spacial score (nSPS) is 10.7. The highest BCUT2D eigenvalue weighted by molar-refractivity contribution is 7.16. The third-order valence-corrected chi connectivity index (χ3v) is 4.49. The molecular formula is C17H11FN2O5S. The van der Waals surface area contributed by atoms with Crippen molar-refractivity contribution in [1.82, 2.24) is 10.3 Å². The van der Waals surface area contributed by atoms with Crippen LogP contribution in [0.3, 0.4) is 0 Å². The van der Waals surface area contributed by atoms with Gasteiger partial charge in [-0.15, -0.1) is 0 Å². The monoisotopic (exact) mass is 374 g/mol. The molecular weight excluding hydrogens is 363 g/mol. The Kier molecular flexibility index (Phi) is 4.63. The third kappa shape index (κ3) is 3.38. The van der Waals surface area contributed by atoms with Gasteiger partial charge in [-0.2, -0.15) is 0 Å². The fourth-order valence-electron chi connectivity index (χ4n) is 2.38. The molecule has 3 rings (SSSR count). The van der Waals surface area contributed by atoms with Crippen molar-refractivity contribution in [2.24, 2.45) is 0 Å². The van der Waals surface area contributed by atoms with Crippen LogP contribution in [0.2, 0.25) is 0 Å². The standard InChI is InChI=1S/C17H11FN2O5S/c18-10-3-9(5-19-6-10)8-1-2-11-12(4-8)26-17(25)14(15(11)23)16(24)20-7-13(21)22/h1-6,23H,7H2,(H,20,24)(H,21,22). The van der Waals surface area contributed by atoms with E-state index in [4.69, 9.17) is 5.11 Å². The Morgan fingerprint density at radius 1 is 1.19 bits per heavy atom. The molecule has 9 heteroatoms. The third-order valence-electron chi connectivity index (χ3n) is 3.55. The van der Waals surface area contributed by atoms with E-state index in [0.29, 0.717) is 15.8 Å². The molecule has 0 spiro atoms. The first-order valence-corrected chi connectivity index (χ1v) is 8.09. The van der Waals surface area contributed by atoms with Crippen LogP contribution in [0.25, 0.3) is 21.2 Å². The summed E-state index contributed by atoms with van der Waals surface area (Å²) < 4.78 is 13.0. The topological polar surface area (TPSA) is 117 Å². The van der Waals surface area contributed by atoms with Crippen LogP contribution in [0.1, 0.15) is 10.4 Å². The number of aromatic nitrogens is 1. The number of aliphatic carboxylic acids is 1. The van der Waals surface area contributed by atoms with Gasteiger partial charge in [0, 0.05) is 21.8 Å². The van der Waals surface area contributed by atoms with Gasteiger partial charge in [-0.25, -0.2) is 4.39 Å². The van der Waals surface area contributed by atoms with Crippen molar-refractivity contribution < 1.29 is 24.2 Å². The van der Waals surface area contributed by atoms with Gasteiger partial charge in [-0.05, 0) is 23.8 Å². The summed E-state index contributed by atoms with van der Waals surface area (Å²) >= 11 is 0.720. The number of nitrogens with one attached hydrogen (secondary N) is 1. The molecule has 0 fully saturated rings. The van der Waals surface area contributed by atoms with Crippen LogP contribution in [0.4, 0.5) is 4.39 Å². The summed E-state index contributed by atoms with van der Waals surface area (Å²) in [5.74, 6) is -3.28. The molecule has 7 nitrogen and oxygen atoms in total. The van der Waals surface area contributed by atoms with E-state index in [9.17, 15) is 23.9 Å². The molecule has 0 aliphatic heterocycles. The lowest BCUT2D eigenvalue weighted by Crippen LogP contribution is -2.32. The molecule has 0 atom stereocenters. The first-order chi connectivity index (χ1) is 12.4. The minimum Gasteiger partial charge on any atom is -0.506 e. The maximum absolute atomic E-state index is 13.3. The van der Waals surface area contributed by atoms with Gasteiger partial charge < -0.3 is 15.5 Å². The van der Waals surface area contributed by atoms with Crippen LogP contribution in [0, 0.1) is 5.82 Å². The van der Waals surface area contributed by atoms with Crippen LogP contribution in [-0.2, 0) is 4.79 Å². The first-order valence-electron chi connectivity index (χ1n) is 7.27. The number of carboxylic acids is 1. The first kappa shape index (κ1) is 17.5. The Bertz CT molecular complexity index is 1100. The molecule has 0 saturated heterocycles. The molecule has 0 saturated carbocycles. The SMILES string of the molecule is O=C(O)CNC(=O)c1c(O)c2ccc(-c3cncc(F)c3)cc2sc1=O. The van der Waals surface area contributed by atoms with Crippen molar-refractivity contribution >= 4 is 33.3 Å². The van der Waals surface area contributed by atoms with E-state index in [1.54, 1.807) is 12.1 Å². The van der Waals surface area contributed by atoms with Gasteiger partial charge in [0.1, 0.15) is 23.7 Å². The zero-order valence-electron chi connectivity index (χ0n) is 13.0. The second-order valence-electron chi connectivity index (χ2n) is 5.29. The summed E-state index contributed by atoms with van der Waals surface area (Å²) in [6.07, 6.45) is 2.53. The number of carbonyl (C=O) groups excluding carboxylic acids is 1. The van der Waals surface area contributed by atoms with Crippen LogP contribution < -0.4 is 10.1 Å². The highest BCUT2D eigenvalue weighted by Crippen LogP contribution is 2.32. The van der Waals surface area contributed by atoms with Gasteiger partial charge in [0.25, 0.3) is 5.91 Å². The van der Waals surface area contributed by atoms with Crippen LogP contribution >= 0.6 is 11.3 Å². The average molecular weight is 374 g/mol. The Morgan fingerprint density at radius 2 is 1.96 bits per heavy atom. The predicted molar refractivity (Wildman–Crippen MR) is 92.9 cm³/mol. The predicted octanol–water partition coefficient (Wildman–Crippen LogP) is 1.98. The second kappa shape index (κ2) is 6.89. The minimum absolute atomic E-state index is 0.253. The molecule has 0 aliphatic carbocycles. The Morgan fingerprint density at radius 3 is 2.65 bits per heavy atom. The Labute approximate surface area is 149 Å². The molecule has 3 N–H and O–H groups in total. The molecule has 0 aliphatic rings. The number of hydrogen-bond acceptors (Lipinski definition) is 6. The highest BCUT2D eigenvalue weighted by atomic mass is 32.1. The van der Waals surface area contributed by atoms with Crippen LogP contribution in [-0.4, -0.2) is 33.6 Å². The summed E-state index contributed by atoms with van der Waals surface area (Å²) in [5.41, 5.74) is 0.570. The molecule has 1 aromatic carbocycles. The molecule has 2 heterocycles. The fraction of sp³-hybridized carbons (Fsp3) is 0.0588. The van der Waals surface area contributed by atoms with E-state index in [1.807, 2.05) is 5.32 Å². The van der Waals surface area contributed by atoms with Gasteiger partial charge in [0.2, 0.25) is 4.74 Å². The number of benzene rings is 1. The van der Waals surface area contributed by atoms with E-state index < -0.39 is 40.3 Å². The lowest BCUT2D eigenvalue weighted by Gasteiger charge is -2.08. The number of amides is 1. The minimum atomic E-state index is -1.27. The lowest BCUT2D eigenvalue weighted by molar-refractivity contribution is -0.135. The van der Waals surface area contributed by atoms with E-state index in [-0.39, 0.29) is 5.39 Å². The largest absolute Gasteiger partial charge is 0.506 e. The van der Waals surface area contributed by atoms with Gasteiger partial charge in [0.05, 0.1) is 6.20 Å². The van der Waals surface area contributed by atoms with Crippen molar-refractivity contribution in [3.8, 4) is 16.9 Å². The van der Waals surface area contributed by atoms with Crippen molar-refractivity contribution in [3.63, 3.8) is 0 Å². The maximum atomic E-state index is 13.3. The van der Waals surface area contributed by atoms with E-state index >= 15 is 0 Å². The van der Waals surface area contributed by atoms with E-state index in [1.165, 1.54) is 18.3 Å². The summed E-state index contributed by atoms with van der Waals surface area (Å²) in [7, 11) is 0. The van der Waals surface area contributed by atoms with Crippen molar-refractivity contribution in [3.05, 3.63) is 57.6 Å². The second-order valence-corrected chi connectivity index (χ2v) is 6.31. The van der Waals surface area contributed by atoms with Gasteiger partial charge in [0.15, 0.2) is 0 Å². The number of carbonyl (C=O) groups is 2. The zero-order valence-corrected chi connectivity index (χ0v) is 13.8. The van der Waals surface area contributed by atoms with Crippen LogP contribution in [0.15, 0.2) is 41.5 Å². The maximum Gasteiger partial charge on any atom is 0.322 e. The van der Waals surface area contributed by atoms with E-state index in [2.05, 4.69) is 4.98 Å². The summed E-state index contributed by atoms with van der Waals surface area (Å²) in [4.78, 5) is 38.5. The van der Waals surface area contributed by atoms with Crippen LogP contribution in [0.5, 0.6) is 5.75 Å². The number of carboxylic acid groups (broad SMARTS) is 1. The number of fused-ring (bicyclic) bond motifs is 1. The molecule has 26 heavy (non-hydrogen) atoms. The van der Waals surface area contributed by atoms with Gasteiger partial charge >= 0.3 is 5.97 Å². The summed E-state index contributed by atoms with van der Waals surface area (Å²) in [5, 5.41) is 21.2. The Hall–Kier alpha value is -3.33. The van der Waals surface area contributed by atoms with Gasteiger partial charge in [-0.1, -0.05) is 17.4 Å². The quantitative estimate of drug-likeness (QED) is 0.643. The highest BCUT2D eigenvalue weighted by Gasteiger charge is 2.20. The number of rotatable bonds is 4. The Balaban J connectivity index is 2.08. The number of aromatic hydroxyl groups is 1.